The maximum absolute atomic E-state index is 11.9. The lowest BCUT2D eigenvalue weighted by Gasteiger charge is -2.09. The van der Waals surface area contributed by atoms with Gasteiger partial charge in [-0.05, 0) is 18.9 Å². The lowest BCUT2D eigenvalue weighted by Crippen LogP contribution is -2.22. The van der Waals surface area contributed by atoms with Crippen molar-refractivity contribution in [2.24, 2.45) is 12.0 Å². The van der Waals surface area contributed by atoms with Gasteiger partial charge in [-0.2, -0.15) is 5.26 Å². The molecule has 2 rings (SSSR count). The third-order valence-electron chi connectivity index (χ3n) is 3.19. The van der Waals surface area contributed by atoms with Crippen molar-refractivity contribution < 1.29 is 5.11 Å². The number of aryl methyl sites for hydroxylation is 1. The van der Waals surface area contributed by atoms with Crippen LogP contribution in [0.2, 0.25) is 0 Å². The van der Waals surface area contributed by atoms with E-state index in [-0.39, 0.29) is 11.4 Å². The van der Waals surface area contributed by atoms with Crippen LogP contribution in [0.3, 0.4) is 0 Å². The van der Waals surface area contributed by atoms with E-state index in [0.29, 0.717) is 16.3 Å². The number of hydrogen-bond acceptors (Lipinski definition) is 7. The number of nitrogens with zero attached hydrogens (tertiary/aromatic N) is 5. The number of rotatable bonds is 4. The quantitative estimate of drug-likeness (QED) is 0.866. The van der Waals surface area contributed by atoms with Gasteiger partial charge in [-0.15, -0.1) is 10.2 Å². The van der Waals surface area contributed by atoms with E-state index in [4.69, 9.17) is 5.26 Å². The summed E-state index contributed by atoms with van der Waals surface area (Å²) >= 11 is 1.37. The summed E-state index contributed by atoms with van der Waals surface area (Å²) in [5, 5.41) is 28.5. The van der Waals surface area contributed by atoms with Crippen LogP contribution >= 0.6 is 11.3 Å². The van der Waals surface area contributed by atoms with Crippen LogP contribution in [-0.4, -0.2) is 26.1 Å². The monoisotopic (exact) mass is 317 g/mol. The number of aromatic nitrogens is 3. The molecule has 0 unspecified atom stereocenters. The summed E-state index contributed by atoms with van der Waals surface area (Å²) in [6, 6.07) is 1.86. The first-order valence-electron chi connectivity index (χ1n) is 6.68. The lowest BCUT2D eigenvalue weighted by atomic mass is 10.1. The number of nitriles is 1. The maximum Gasteiger partial charge on any atom is 0.271 e. The topological polar surface area (TPSA) is 104 Å². The molecule has 7 nitrogen and oxygen atoms in total. The minimum Gasteiger partial charge on any atom is -0.494 e. The molecule has 0 saturated heterocycles. The molecule has 0 fully saturated rings. The molecular formula is C14H15N5O2S. The Hall–Kier alpha value is -2.53. The van der Waals surface area contributed by atoms with E-state index < -0.39 is 5.56 Å². The molecule has 1 N–H and O–H groups in total. The van der Waals surface area contributed by atoms with Gasteiger partial charge < -0.3 is 5.11 Å². The van der Waals surface area contributed by atoms with Crippen molar-refractivity contribution >= 4 is 22.7 Å². The van der Waals surface area contributed by atoms with E-state index in [1.807, 2.05) is 6.07 Å². The minimum atomic E-state index is -0.532. The van der Waals surface area contributed by atoms with Gasteiger partial charge >= 0.3 is 0 Å². The highest BCUT2D eigenvalue weighted by atomic mass is 32.1. The highest BCUT2D eigenvalue weighted by Gasteiger charge is 2.15. The molecule has 0 atom stereocenters. The van der Waals surface area contributed by atoms with E-state index in [2.05, 4.69) is 22.1 Å². The predicted octanol–water partition coefficient (Wildman–Crippen LogP) is 1.83. The third-order valence-corrected chi connectivity index (χ3v) is 4.08. The van der Waals surface area contributed by atoms with Crippen molar-refractivity contribution in [2.75, 3.05) is 0 Å². The van der Waals surface area contributed by atoms with Gasteiger partial charge in [0.25, 0.3) is 5.56 Å². The molecule has 0 saturated carbocycles. The Bertz CT molecular complexity index is 829. The van der Waals surface area contributed by atoms with Gasteiger partial charge in [0.1, 0.15) is 16.6 Å². The van der Waals surface area contributed by atoms with Crippen LogP contribution < -0.4 is 5.56 Å². The smallest absolute Gasteiger partial charge is 0.271 e. The minimum absolute atomic E-state index is 0.00862. The Morgan fingerprint density at radius 1 is 1.50 bits per heavy atom. The summed E-state index contributed by atoms with van der Waals surface area (Å²) in [4.78, 5) is 16.0. The van der Waals surface area contributed by atoms with Crippen molar-refractivity contribution in [3.8, 4) is 11.9 Å². The Kier molecular flexibility index (Phi) is 4.68. The molecular weight excluding hydrogens is 302 g/mol. The second kappa shape index (κ2) is 6.49. The van der Waals surface area contributed by atoms with Crippen molar-refractivity contribution in [3.63, 3.8) is 0 Å². The molecule has 2 heterocycles. The van der Waals surface area contributed by atoms with Gasteiger partial charge in [-0.1, -0.05) is 18.3 Å². The first-order valence-corrected chi connectivity index (χ1v) is 7.50. The molecule has 0 aliphatic carbocycles. The SMILES string of the molecule is CCCc1nnc(N=Cc2c(C)c(C#N)c(=O)n(C)c2O)s1. The molecule has 0 bridgehead atoms. The van der Waals surface area contributed by atoms with E-state index in [9.17, 15) is 9.90 Å². The van der Waals surface area contributed by atoms with Crippen molar-refractivity contribution in [3.05, 3.63) is 32.1 Å². The van der Waals surface area contributed by atoms with Gasteiger partial charge in [0.2, 0.25) is 11.0 Å². The Morgan fingerprint density at radius 2 is 2.23 bits per heavy atom. The van der Waals surface area contributed by atoms with Gasteiger partial charge in [0.15, 0.2) is 0 Å². The molecule has 0 aliphatic rings. The van der Waals surface area contributed by atoms with Gasteiger partial charge in [0, 0.05) is 19.7 Å². The second-order valence-electron chi connectivity index (χ2n) is 4.70. The van der Waals surface area contributed by atoms with Gasteiger partial charge in [0.05, 0.1) is 5.56 Å². The van der Waals surface area contributed by atoms with Crippen LogP contribution in [0, 0.1) is 18.3 Å². The number of hydrogen-bond donors (Lipinski definition) is 1. The molecule has 0 amide bonds. The zero-order valence-corrected chi connectivity index (χ0v) is 13.3. The molecule has 0 radical (unpaired) electrons. The number of pyridine rings is 1. The van der Waals surface area contributed by atoms with Crippen molar-refractivity contribution in [2.45, 2.75) is 26.7 Å². The summed E-state index contributed by atoms with van der Waals surface area (Å²) in [5.74, 6) is -0.233. The van der Waals surface area contributed by atoms with Crippen LogP contribution in [-0.2, 0) is 13.5 Å². The summed E-state index contributed by atoms with van der Waals surface area (Å²) in [5.41, 5.74) is 0.178. The molecule has 114 valence electrons. The van der Waals surface area contributed by atoms with Gasteiger partial charge in [-0.3, -0.25) is 9.36 Å². The number of aromatic hydroxyl groups is 1. The molecule has 0 aliphatic heterocycles. The third kappa shape index (κ3) is 2.89. The van der Waals surface area contributed by atoms with Crippen LogP contribution in [0.1, 0.15) is 35.0 Å². The Balaban J connectivity index is 2.45. The zero-order valence-electron chi connectivity index (χ0n) is 12.5. The fourth-order valence-corrected chi connectivity index (χ4v) is 2.71. The largest absolute Gasteiger partial charge is 0.494 e. The zero-order chi connectivity index (χ0) is 16.3. The molecule has 8 heteroatoms. The Morgan fingerprint density at radius 3 is 2.86 bits per heavy atom. The van der Waals surface area contributed by atoms with Crippen molar-refractivity contribution in [1.82, 2.24) is 14.8 Å². The summed E-state index contributed by atoms with van der Waals surface area (Å²) in [6.07, 6.45) is 3.22. The predicted molar refractivity (Wildman–Crippen MR) is 84.0 cm³/mol. The molecule has 0 spiro atoms. The van der Waals surface area contributed by atoms with E-state index in [0.717, 1.165) is 22.4 Å². The van der Waals surface area contributed by atoms with Crippen LogP contribution in [0.15, 0.2) is 9.79 Å². The molecule has 0 aromatic carbocycles. The summed E-state index contributed by atoms with van der Waals surface area (Å²) < 4.78 is 1.02. The molecule has 22 heavy (non-hydrogen) atoms. The second-order valence-corrected chi connectivity index (χ2v) is 5.74. The first kappa shape index (κ1) is 15.9. The average Bonchev–Trinajstić information content (AvgIpc) is 2.94. The summed E-state index contributed by atoms with van der Waals surface area (Å²) in [7, 11) is 1.40. The van der Waals surface area contributed by atoms with E-state index in [1.165, 1.54) is 24.6 Å². The highest BCUT2D eigenvalue weighted by molar-refractivity contribution is 7.14. The summed E-state index contributed by atoms with van der Waals surface area (Å²) in [6.45, 7) is 3.66. The number of aliphatic imine (C=N–C) groups is 1. The fraction of sp³-hybridized carbons (Fsp3) is 0.357. The van der Waals surface area contributed by atoms with Gasteiger partial charge in [-0.25, -0.2) is 4.99 Å². The van der Waals surface area contributed by atoms with E-state index in [1.54, 1.807) is 6.92 Å². The Labute approximate surface area is 131 Å². The average molecular weight is 317 g/mol. The highest BCUT2D eigenvalue weighted by Crippen LogP contribution is 2.22. The lowest BCUT2D eigenvalue weighted by molar-refractivity contribution is 0.421. The molecule has 2 aromatic heterocycles. The van der Waals surface area contributed by atoms with Crippen LogP contribution in [0.5, 0.6) is 5.88 Å². The standard InChI is InChI=1S/C14H15N5O2S/c1-4-5-11-17-18-14(22-11)16-7-10-8(2)9(6-15)12(20)19(3)13(10)21/h7,21H,4-5H2,1-3H3. The fourth-order valence-electron chi connectivity index (χ4n) is 1.93. The van der Waals surface area contributed by atoms with Crippen LogP contribution in [0.25, 0.3) is 0 Å². The maximum atomic E-state index is 11.9. The van der Waals surface area contributed by atoms with Crippen LogP contribution in [0.4, 0.5) is 5.13 Å². The first-order chi connectivity index (χ1) is 10.5. The normalized spacial score (nSPS) is 11.0. The van der Waals surface area contributed by atoms with E-state index >= 15 is 0 Å². The molecule has 2 aromatic rings. The van der Waals surface area contributed by atoms with Crippen molar-refractivity contribution in [1.29, 1.82) is 5.26 Å².